The van der Waals surface area contributed by atoms with Gasteiger partial charge >= 0.3 is 0 Å². The van der Waals surface area contributed by atoms with Crippen molar-refractivity contribution in [2.75, 3.05) is 0 Å². The van der Waals surface area contributed by atoms with Crippen LogP contribution in [0.3, 0.4) is 0 Å². The fourth-order valence-corrected chi connectivity index (χ4v) is 2.53. The number of rotatable bonds is 6. The molecule has 0 aromatic heterocycles. The standard InChI is InChI=1S/C16H21F5/c1-8(2)7-10(9(3)4)5-6-11-12(17)14(19)16(21)15(20)13(11)18/h8-10H,5-7H2,1-4H3. The van der Waals surface area contributed by atoms with Gasteiger partial charge in [-0.15, -0.1) is 0 Å². The topological polar surface area (TPSA) is 0 Å². The van der Waals surface area contributed by atoms with E-state index in [0.29, 0.717) is 12.3 Å². The number of benzene rings is 1. The van der Waals surface area contributed by atoms with E-state index < -0.39 is 34.6 Å². The normalized spacial score (nSPS) is 13.3. The van der Waals surface area contributed by atoms with Crippen LogP contribution < -0.4 is 0 Å². The Labute approximate surface area is 122 Å². The highest BCUT2D eigenvalue weighted by molar-refractivity contribution is 5.24. The highest BCUT2D eigenvalue weighted by Gasteiger charge is 2.26. The van der Waals surface area contributed by atoms with Crippen LogP contribution in [0.25, 0.3) is 0 Å². The lowest BCUT2D eigenvalue weighted by Gasteiger charge is -2.23. The molecule has 1 unspecified atom stereocenters. The first-order valence-corrected chi connectivity index (χ1v) is 7.17. The Morgan fingerprint density at radius 3 is 1.52 bits per heavy atom. The molecule has 1 atom stereocenters. The van der Waals surface area contributed by atoms with Gasteiger partial charge in [0.2, 0.25) is 5.82 Å². The van der Waals surface area contributed by atoms with Gasteiger partial charge in [-0.05, 0) is 37.0 Å². The molecule has 0 radical (unpaired) electrons. The predicted molar refractivity (Wildman–Crippen MR) is 72.3 cm³/mol. The van der Waals surface area contributed by atoms with Gasteiger partial charge in [0.05, 0.1) is 0 Å². The summed E-state index contributed by atoms with van der Waals surface area (Å²) in [4.78, 5) is 0. The number of halogens is 5. The molecule has 0 bridgehead atoms. The highest BCUT2D eigenvalue weighted by Crippen LogP contribution is 2.29. The summed E-state index contributed by atoms with van der Waals surface area (Å²) in [6.07, 6.45) is 1.10. The molecule has 5 heteroatoms. The Kier molecular flexibility index (Phi) is 6.17. The third-order valence-electron chi connectivity index (χ3n) is 3.78. The van der Waals surface area contributed by atoms with E-state index in [1.165, 1.54) is 0 Å². The molecule has 0 heterocycles. The predicted octanol–water partition coefficient (Wildman–Crippen LogP) is 5.63. The third-order valence-corrected chi connectivity index (χ3v) is 3.78. The van der Waals surface area contributed by atoms with Gasteiger partial charge < -0.3 is 0 Å². The first-order chi connectivity index (χ1) is 9.66. The molecule has 0 spiro atoms. The lowest BCUT2D eigenvalue weighted by molar-refractivity contribution is 0.293. The second-order valence-electron chi connectivity index (χ2n) is 6.22. The monoisotopic (exact) mass is 308 g/mol. The van der Waals surface area contributed by atoms with Crippen LogP contribution in [0.15, 0.2) is 0 Å². The number of hydrogen-bond donors (Lipinski definition) is 0. The maximum Gasteiger partial charge on any atom is 0.200 e. The summed E-state index contributed by atoms with van der Waals surface area (Å²) in [5.41, 5.74) is -0.708. The Balaban J connectivity index is 2.98. The summed E-state index contributed by atoms with van der Waals surface area (Å²) in [5.74, 6) is -8.38. The van der Waals surface area contributed by atoms with E-state index in [-0.39, 0.29) is 18.3 Å². The number of hydrogen-bond acceptors (Lipinski definition) is 0. The average Bonchev–Trinajstić information content (AvgIpc) is 2.41. The van der Waals surface area contributed by atoms with E-state index in [4.69, 9.17) is 0 Å². The largest absolute Gasteiger partial charge is 0.203 e. The zero-order valence-corrected chi connectivity index (χ0v) is 12.7. The minimum absolute atomic E-state index is 0.151. The quantitative estimate of drug-likeness (QED) is 0.363. The summed E-state index contributed by atoms with van der Waals surface area (Å²) in [6.45, 7) is 8.05. The lowest BCUT2D eigenvalue weighted by atomic mass is 9.83. The molecule has 0 amide bonds. The lowest BCUT2D eigenvalue weighted by Crippen LogP contribution is -2.15. The van der Waals surface area contributed by atoms with Crippen molar-refractivity contribution in [1.82, 2.24) is 0 Å². The van der Waals surface area contributed by atoms with Crippen LogP contribution in [0.2, 0.25) is 0 Å². The minimum Gasteiger partial charge on any atom is -0.203 e. The van der Waals surface area contributed by atoms with Crippen molar-refractivity contribution < 1.29 is 22.0 Å². The van der Waals surface area contributed by atoms with E-state index in [2.05, 4.69) is 0 Å². The van der Waals surface area contributed by atoms with Gasteiger partial charge in [-0.3, -0.25) is 0 Å². The molecule has 0 N–H and O–H groups in total. The minimum atomic E-state index is -2.10. The molecule has 0 nitrogen and oxygen atoms in total. The van der Waals surface area contributed by atoms with Gasteiger partial charge in [0.1, 0.15) is 0 Å². The van der Waals surface area contributed by atoms with Gasteiger partial charge in [-0.2, -0.15) is 0 Å². The van der Waals surface area contributed by atoms with Crippen molar-refractivity contribution >= 4 is 0 Å². The maximum absolute atomic E-state index is 13.6. The van der Waals surface area contributed by atoms with Crippen molar-refractivity contribution in [3.8, 4) is 0 Å². The summed E-state index contributed by atoms with van der Waals surface area (Å²) in [6, 6.07) is 0. The van der Waals surface area contributed by atoms with Crippen molar-refractivity contribution in [2.45, 2.75) is 47.0 Å². The van der Waals surface area contributed by atoms with Gasteiger partial charge in [0, 0.05) is 5.56 Å². The van der Waals surface area contributed by atoms with Gasteiger partial charge in [0.15, 0.2) is 23.3 Å². The summed E-state index contributed by atoms with van der Waals surface area (Å²) in [5, 5.41) is 0. The fourth-order valence-electron chi connectivity index (χ4n) is 2.53. The molecule has 0 aliphatic rings. The van der Waals surface area contributed by atoms with Crippen LogP contribution >= 0.6 is 0 Å². The highest BCUT2D eigenvalue weighted by atomic mass is 19.2. The molecule has 0 aliphatic heterocycles. The molecule has 21 heavy (non-hydrogen) atoms. The Morgan fingerprint density at radius 1 is 0.714 bits per heavy atom. The van der Waals surface area contributed by atoms with Gasteiger partial charge in [0.25, 0.3) is 0 Å². The molecule has 0 saturated carbocycles. The van der Waals surface area contributed by atoms with Gasteiger partial charge in [-0.1, -0.05) is 27.7 Å². The fraction of sp³-hybridized carbons (Fsp3) is 0.625. The Morgan fingerprint density at radius 2 is 1.14 bits per heavy atom. The van der Waals surface area contributed by atoms with Crippen molar-refractivity contribution in [2.24, 2.45) is 17.8 Å². The first kappa shape index (κ1) is 17.9. The zero-order chi connectivity index (χ0) is 16.3. The molecule has 1 aromatic carbocycles. The van der Waals surface area contributed by atoms with Crippen LogP contribution in [0.5, 0.6) is 0 Å². The third kappa shape index (κ3) is 4.17. The van der Waals surface area contributed by atoms with E-state index in [0.717, 1.165) is 6.42 Å². The molecular weight excluding hydrogens is 287 g/mol. The SMILES string of the molecule is CC(C)CC(CCc1c(F)c(F)c(F)c(F)c1F)C(C)C. The van der Waals surface area contributed by atoms with Crippen LogP contribution in [0.1, 0.15) is 46.1 Å². The van der Waals surface area contributed by atoms with Crippen LogP contribution in [0, 0.1) is 46.8 Å². The second kappa shape index (κ2) is 7.23. The Bertz CT molecular complexity index is 465. The van der Waals surface area contributed by atoms with Crippen molar-refractivity contribution in [3.63, 3.8) is 0 Å². The molecule has 1 rings (SSSR count). The van der Waals surface area contributed by atoms with E-state index in [1.807, 2.05) is 27.7 Å². The van der Waals surface area contributed by atoms with E-state index in [1.54, 1.807) is 0 Å². The molecule has 120 valence electrons. The first-order valence-electron chi connectivity index (χ1n) is 7.17. The van der Waals surface area contributed by atoms with Crippen LogP contribution in [-0.4, -0.2) is 0 Å². The molecular formula is C16H21F5. The Hall–Kier alpha value is -1.13. The molecule has 0 fully saturated rings. The summed E-state index contributed by atoms with van der Waals surface area (Å²) >= 11 is 0. The van der Waals surface area contributed by atoms with Crippen molar-refractivity contribution in [1.29, 1.82) is 0 Å². The van der Waals surface area contributed by atoms with Crippen molar-refractivity contribution in [3.05, 3.63) is 34.6 Å². The summed E-state index contributed by atoms with van der Waals surface area (Å²) < 4.78 is 66.4. The van der Waals surface area contributed by atoms with E-state index >= 15 is 0 Å². The molecule has 1 aromatic rings. The summed E-state index contributed by atoms with van der Waals surface area (Å²) in [7, 11) is 0. The second-order valence-corrected chi connectivity index (χ2v) is 6.22. The zero-order valence-electron chi connectivity index (χ0n) is 12.7. The maximum atomic E-state index is 13.6. The van der Waals surface area contributed by atoms with Crippen LogP contribution in [-0.2, 0) is 6.42 Å². The van der Waals surface area contributed by atoms with Crippen LogP contribution in [0.4, 0.5) is 22.0 Å². The average molecular weight is 308 g/mol. The van der Waals surface area contributed by atoms with E-state index in [9.17, 15) is 22.0 Å². The van der Waals surface area contributed by atoms with Gasteiger partial charge in [-0.25, -0.2) is 22.0 Å². The smallest absolute Gasteiger partial charge is 0.200 e. The molecule has 0 aliphatic carbocycles. The molecule has 0 saturated heterocycles.